The van der Waals surface area contributed by atoms with Crippen molar-refractivity contribution in [3.63, 3.8) is 0 Å². The van der Waals surface area contributed by atoms with Gasteiger partial charge in [-0.05, 0) is 13.0 Å². The first-order chi connectivity index (χ1) is 8.74. The third-order valence-corrected chi connectivity index (χ3v) is 2.03. The van der Waals surface area contributed by atoms with Gasteiger partial charge in [0.05, 0.1) is 13.2 Å². The van der Waals surface area contributed by atoms with Gasteiger partial charge < -0.3 is 15.2 Å². The molecule has 0 aromatic rings. The van der Waals surface area contributed by atoms with Crippen molar-refractivity contribution < 1.29 is 9.47 Å². The molecule has 2 N–H and O–H groups in total. The monoisotopic (exact) mass is 263 g/mol. The van der Waals surface area contributed by atoms with Crippen LogP contribution < -0.4 is 5.73 Å². The lowest BCUT2D eigenvalue weighted by Crippen LogP contribution is -2.02. The van der Waals surface area contributed by atoms with Crippen molar-refractivity contribution in [1.82, 2.24) is 0 Å². The molecule has 0 aromatic heterocycles. The van der Waals surface area contributed by atoms with Crippen molar-refractivity contribution in [3.8, 4) is 0 Å². The van der Waals surface area contributed by atoms with E-state index in [-0.39, 0.29) is 0 Å². The second-order valence-corrected chi connectivity index (χ2v) is 4.07. The van der Waals surface area contributed by atoms with Crippen molar-refractivity contribution in [2.24, 2.45) is 5.73 Å². The Kier molecular flexibility index (Phi) is 38.6. The Labute approximate surface area is 115 Å². The summed E-state index contributed by atoms with van der Waals surface area (Å²) in [6.45, 7) is 11.6. The Balaban J connectivity index is -0.000000216. The van der Waals surface area contributed by atoms with Crippen LogP contribution in [0.5, 0.6) is 0 Å². The maximum atomic E-state index is 5.19. The quantitative estimate of drug-likeness (QED) is 0.639. The average molecular weight is 263 g/mol. The summed E-state index contributed by atoms with van der Waals surface area (Å²) >= 11 is 0. The molecule has 3 heteroatoms. The van der Waals surface area contributed by atoms with Gasteiger partial charge in [0.25, 0.3) is 0 Å². The lowest BCUT2D eigenvalue weighted by molar-refractivity contribution is 0.0692. The minimum Gasteiger partial charge on any atom is -0.382 e. The normalized spacial score (nSPS) is 9.00. The van der Waals surface area contributed by atoms with Crippen molar-refractivity contribution >= 4 is 0 Å². The van der Waals surface area contributed by atoms with Gasteiger partial charge >= 0.3 is 0 Å². The standard InChI is InChI=1S/C7H16O2.C6H14.C2H7N/c1-3-4-5-9-7-6-8-2;1-3-5-6-4-2;1-2-3/h3-7H2,1-2H3;3-6H2,1-2H3;2-3H2,1H3. The molecular weight excluding hydrogens is 226 g/mol. The number of hydrogen-bond donors (Lipinski definition) is 1. The highest BCUT2D eigenvalue weighted by molar-refractivity contribution is 4.32. The SMILES string of the molecule is CCCCCC.CCCCOCCOC.CCN. The molecule has 0 aromatic carbocycles. The molecular formula is C15H37NO2. The summed E-state index contributed by atoms with van der Waals surface area (Å²) in [5.74, 6) is 0. The topological polar surface area (TPSA) is 44.5 Å². The molecule has 0 aliphatic carbocycles. The first-order valence-electron chi connectivity index (χ1n) is 7.51. The van der Waals surface area contributed by atoms with Gasteiger partial charge in [0.1, 0.15) is 0 Å². The van der Waals surface area contributed by atoms with Gasteiger partial charge in [-0.2, -0.15) is 0 Å². The summed E-state index contributed by atoms with van der Waals surface area (Å²) < 4.78 is 9.99. The molecule has 0 bridgehead atoms. The van der Waals surface area contributed by atoms with Crippen LogP contribution in [-0.2, 0) is 9.47 Å². The molecule has 0 amide bonds. The van der Waals surface area contributed by atoms with E-state index in [9.17, 15) is 0 Å². The number of methoxy groups -OCH3 is 1. The second kappa shape index (κ2) is 30.2. The van der Waals surface area contributed by atoms with Gasteiger partial charge in [-0.3, -0.25) is 0 Å². The first-order valence-corrected chi connectivity index (χ1v) is 7.51. The minimum absolute atomic E-state index is 0.712. The zero-order valence-electron chi connectivity index (χ0n) is 13.5. The largest absolute Gasteiger partial charge is 0.382 e. The second-order valence-electron chi connectivity index (χ2n) is 4.07. The van der Waals surface area contributed by atoms with Crippen LogP contribution in [0.4, 0.5) is 0 Å². The fourth-order valence-corrected chi connectivity index (χ4v) is 0.991. The number of nitrogens with two attached hydrogens (primary N) is 1. The van der Waals surface area contributed by atoms with E-state index >= 15 is 0 Å². The molecule has 0 rings (SSSR count). The zero-order chi connectivity index (χ0) is 14.5. The molecule has 0 aliphatic heterocycles. The molecule has 3 nitrogen and oxygen atoms in total. The number of rotatable bonds is 9. The Hall–Kier alpha value is -0.120. The highest BCUT2D eigenvalue weighted by Gasteiger charge is 1.84. The van der Waals surface area contributed by atoms with E-state index in [2.05, 4.69) is 20.8 Å². The third-order valence-electron chi connectivity index (χ3n) is 2.03. The number of hydrogen-bond acceptors (Lipinski definition) is 3. The van der Waals surface area contributed by atoms with Crippen LogP contribution in [0.15, 0.2) is 0 Å². The lowest BCUT2D eigenvalue weighted by Gasteiger charge is -2.00. The predicted molar refractivity (Wildman–Crippen MR) is 82.1 cm³/mol. The first kappa shape index (κ1) is 23.0. The van der Waals surface area contributed by atoms with Gasteiger partial charge in [-0.15, -0.1) is 0 Å². The summed E-state index contributed by atoms with van der Waals surface area (Å²) in [6, 6.07) is 0. The Morgan fingerprint density at radius 3 is 1.50 bits per heavy atom. The minimum atomic E-state index is 0.712. The molecule has 0 heterocycles. The molecule has 18 heavy (non-hydrogen) atoms. The molecule has 0 fully saturated rings. The zero-order valence-corrected chi connectivity index (χ0v) is 13.5. The van der Waals surface area contributed by atoms with Crippen molar-refractivity contribution in [2.75, 3.05) is 33.5 Å². The predicted octanol–water partition coefficient (Wildman–Crippen LogP) is 4.00. The summed E-state index contributed by atoms with van der Waals surface area (Å²) in [7, 11) is 1.68. The van der Waals surface area contributed by atoms with E-state index in [0.717, 1.165) is 26.2 Å². The van der Waals surface area contributed by atoms with Crippen LogP contribution in [0.3, 0.4) is 0 Å². The number of unbranched alkanes of at least 4 members (excludes halogenated alkanes) is 4. The van der Waals surface area contributed by atoms with E-state index in [1.165, 1.54) is 32.1 Å². The van der Waals surface area contributed by atoms with Gasteiger partial charge in [0, 0.05) is 13.7 Å². The Morgan fingerprint density at radius 2 is 1.17 bits per heavy atom. The number of ether oxygens (including phenoxy) is 2. The summed E-state index contributed by atoms with van der Waals surface area (Å²) in [5, 5.41) is 0. The molecule has 0 aliphatic rings. The fraction of sp³-hybridized carbons (Fsp3) is 1.00. The maximum Gasteiger partial charge on any atom is 0.0700 e. The van der Waals surface area contributed by atoms with Crippen LogP contribution >= 0.6 is 0 Å². The summed E-state index contributed by atoms with van der Waals surface area (Å²) in [4.78, 5) is 0. The third kappa shape index (κ3) is 44.6. The van der Waals surface area contributed by atoms with Crippen LogP contribution in [-0.4, -0.2) is 33.5 Å². The van der Waals surface area contributed by atoms with Crippen LogP contribution in [0.1, 0.15) is 66.2 Å². The molecule has 0 unspecified atom stereocenters. The summed E-state index contributed by atoms with van der Waals surface area (Å²) in [6.07, 6.45) is 7.89. The molecule has 0 saturated carbocycles. The van der Waals surface area contributed by atoms with Crippen molar-refractivity contribution in [2.45, 2.75) is 66.2 Å². The highest BCUT2D eigenvalue weighted by atomic mass is 16.5. The molecule has 114 valence electrons. The maximum absolute atomic E-state index is 5.19. The fourth-order valence-electron chi connectivity index (χ4n) is 0.991. The molecule has 0 atom stereocenters. The van der Waals surface area contributed by atoms with Crippen LogP contribution in [0, 0.1) is 0 Å². The molecule has 0 saturated heterocycles. The van der Waals surface area contributed by atoms with E-state index in [1.54, 1.807) is 7.11 Å². The summed E-state index contributed by atoms with van der Waals surface area (Å²) in [5.41, 5.74) is 4.85. The van der Waals surface area contributed by atoms with Gasteiger partial charge in [0.15, 0.2) is 0 Å². The van der Waals surface area contributed by atoms with E-state index in [0.29, 0.717) is 6.61 Å². The van der Waals surface area contributed by atoms with Crippen molar-refractivity contribution in [3.05, 3.63) is 0 Å². The average Bonchev–Trinajstić information content (AvgIpc) is 2.38. The van der Waals surface area contributed by atoms with E-state index < -0.39 is 0 Å². The van der Waals surface area contributed by atoms with Crippen LogP contribution in [0.2, 0.25) is 0 Å². The smallest absolute Gasteiger partial charge is 0.0700 e. The van der Waals surface area contributed by atoms with Crippen molar-refractivity contribution in [1.29, 1.82) is 0 Å². The van der Waals surface area contributed by atoms with E-state index in [1.807, 2.05) is 6.92 Å². The van der Waals surface area contributed by atoms with Gasteiger partial charge in [-0.1, -0.05) is 59.8 Å². The Bertz CT molecular complexity index is 90.5. The van der Waals surface area contributed by atoms with E-state index in [4.69, 9.17) is 15.2 Å². The Morgan fingerprint density at radius 1 is 0.722 bits per heavy atom. The lowest BCUT2D eigenvalue weighted by atomic mass is 10.2. The molecule has 0 radical (unpaired) electrons. The highest BCUT2D eigenvalue weighted by Crippen LogP contribution is 1.95. The molecule has 0 spiro atoms. The van der Waals surface area contributed by atoms with Gasteiger partial charge in [0.2, 0.25) is 0 Å². The van der Waals surface area contributed by atoms with Crippen LogP contribution in [0.25, 0.3) is 0 Å². The van der Waals surface area contributed by atoms with Gasteiger partial charge in [-0.25, -0.2) is 0 Å².